The Morgan fingerprint density at radius 1 is 1.06 bits per heavy atom. The highest BCUT2D eigenvalue weighted by Gasteiger charge is 2.11. The maximum atomic E-state index is 5.96. The van der Waals surface area contributed by atoms with Gasteiger partial charge in [-0.25, -0.2) is 0 Å². The van der Waals surface area contributed by atoms with E-state index >= 15 is 0 Å². The smallest absolute Gasteiger partial charge is 0.191 e. The zero-order valence-corrected chi connectivity index (χ0v) is 21.5. The maximum absolute atomic E-state index is 5.96. The van der Waals surface area contributed by atoms with Crippen LogP contribution in [0, 0.1) is 0 Å². The maximum Gasteiger partial charge on any atom is 0.191 e. The van der Waals surface area contributed by atoms with Gasteiger partial charge in [0.05, 0.1) is 26.9 Å². The van der Waals surface area contributed by atoms with E-state index in [1.165, 1.54) is 11.1 Å². The van der Waals surface area contributed by atoms with Crippen LogP contribution in [0.15, 0.2) is 53.5 Å². The van der Waals surface area contributed by atoms with Crippen LogP contribution in [0.25, 0.3) is 0 Å². The summed E-state index contributed by atoms with van der Waals surface area (Å²) in [6.07, 6.45) is -0.0255. The first-order valence-corrected chi connectivity index (χ1v) is 10.8. The number of hydrogen-bond acceptors (Lipinski definition) is 5. The molecule has 2 aromatic rings. The number of nitrogens with one attached hydrogen (secondary N) is 2. The van der Waals surface area contributed by atoms with Crippen LogP contribution in [-0.2, 0) is 17.8 Å². The second-order valence-electron chi connectivity index (χ2n) is 7.62. The Bertz CT molecular complexity index is 843. The van der Waals surface area contributed by atoms with E-state index in [0.717, 1.165) is 50.3 Å². The zero-order valence-electron chi connectivity index (χ0n) is 19.2. The van der Waals surface area contributed by atoms with Gasteiger partial charge in [-0.15, -0.1) is 24.0 Å². The molecule has 0 aliphatic carbocycles. The van der Waals surface area contributed by atoms with E-state index in [9.17, 15) is 0 Å². The molecule has 1 atom stereocenters. The SMILES string of the molecule is CN=C(NCc1cccc(CN2CCOCC2)c1)NCC(C)Oc1cccc(OC)c1.I. The lowest BCUT2D eigenvalue weighted by atomic mass is 10.1. The fourth-order valence-electron chi connectivity index (χ4n) is 3.45. The van der Waals surface area contributed by atoms with E-state index in [2.05, 4.69) is 44.8 Å². The van der Waals surface area contributed by atoms with Crippen LogP contribution in [0.3, 0.4) is 0 Å². The summed E-state index contributed by atoms with van der Waals surface area (Å²) in [6, 6.07) is 16.3. The van der Waals surface area contributed by atoms with Gasteiger partial charge in [-0.3, -0.25) is 9.89 Å². The molecule has 0 spiro atoms. The van der Waals surface area contributed by atoms with Gasteiger partial charge in [0.2, 0.25) is 0 Å². The number of morpholine rings is 1. The highest BCUT2D eigenvalue weighted by atomic mass is 127. The molecule has 0 amide bonds. The van der Waals surface area contributed by atoms with Crippen molar-refractivity contribution >= 4 is 29.9 Å². The summed E-state index contributed by atoms with van der Waals surface area (Å²) in [6.45, 7) is 7.96. The summed E-state index contributed by atoms with van der Waals surface area (Å²) in [5, 5.41) is 6.71. The molecule has 1 saturated heterocycles. The Hall–Kier alpha value is -2.04. The largest absolute Gasteiger partial charge is 0.497 e. The third kappa shape index (κ3) is 8.84. The van der Waals surface area contributed by atoms with E-state index < -0.39 is 0 Å². The molecule has 1 unspecified atom stereocenters. The Balaban J connectivity index is 0.00000363. The average Bonchev–Trinajstić information content (AvgIpc) is 2.80. The molecule has 3 rings (SSSR count). The van der Waals surface area contributed by atoms with Gasteiger partial charge in [0, 0.05) is 39.3 Å². The van der Waals surface area contributed by atoms with Crippen molar-refractivity contribution in [3.8, 4) is 11.5 Å². The third-order valence-corrected chi connectivity index (χ3v) is 5.12. The molecule has 1 fully saturated rings. The van der Waals surface area contributed by atoms with Crippen LogP contribution in [-0.4, -0.2) is 64.0 Å². The number of benzene rings is 2. The van der Waals surface area contributed by atoms with Crippen molar-refractivity contribution in [2.24, 2.45) is 4.99 Å². The summed E-state index contributed by atoms with van der Waals surface area (Å²) in [5.74, 6) is 2.32. The average molecular weight is 554 g/mol. The van der Waals surface area contributed by atoms with E-state index in [0.29, 0.717) is 13.1 Å². The molecule has 8 heteroatoms. The van der Waals surface area contributed by atoms with Crippen molar-refractivity contribution in [1.29, 1.82) is 0 Å². The number of ether oxygens (including phenoxy) is 3. The highest BCUT2D eigenvalue weighted by Crippen LogP contribution is 2.19. The molecule has 32 heavy (non-hydrogen) atoms. The van der Waals surface area contributed by atoms with Gasteiger partial charge in [-0.05, 0) is 30.2 Å². The minimum absolute atomic E-state index is 0. The van der Waals surface area contributed by atoms with Gasteiger partial charge in [0.1, 0.15) is 17.6 Å². The van der Waals surface area contributed by atoms with Crippen LogP contribution in [0.2, 0.25) is 0 Å². The highest BCUT2D eigenvalue weighted by molar-refractivity contribution is 14.0. The minimum Gasteiger partial charge on any atom is -0.497 e. The summed E-state index contributed by atoms with van der Waals surface area (Å²) in [4.78, 5) is 6.75. The van der Waals surface area contributed by atoms with Crippen molar-refractivity contribution in [3.63, 3.8) is 0 Å². The molecular formula is C24H35IN4O3. The second kappa shape index (κ2) is 14.2. The molecule has 0 bridgehead atoms. The molecular weight excluding hydrogens is 519 g/mol. The Kier molecular flexibility index (Phi) is 11.6. The van der Waals surface area contributed by atoms with Gasteiger partial charge < -0.3 is 24.8 Å². The summed E-state index contributed by atoms with van der Waals surface area (Å²) < 4.78 is 16.6. The fourth-order valence-corrected chi connectivity index (χ4v) is 3.45. The predicted molar refractivity (Wildman–Crippen MR) is 139 cm³/mol. The lowest BCUT2D eigenvalue weighted by molar-refractivity contribution is 0.0342. The van der Waals surface area contributed by atoms with Gasteiger partial charge in [-0.2, -0.15) is 0 Å². The van der Waals surface area contributed by atoms with E-state index in [-0.39, 0.29) is 30.1 Å². The van der Waals surface area contributed by atoms with Crippen molar-refractivity contribution in [2.75, 3.05) is 47.0 Å². The molecule has 1 heterocycles. The Morgan fingerprint density at radius 2 is 1.78 bits per heavy atom. The minimum atomic E-state index is -0.0255. The van der Waals surface area contributed by atoms with Crippen molar-refractivity contribution in [2.45, 2.75) is 26.1 Å². The number of aliphatic imine (C=N–C) groups is 1. The monoisotopic (exact) mass is 554 g/mol. The first kappa shape index (κ1) is 26.2. The fraction of sp³-hybridized carbons (Fsp3) is 0.458. The zero-order chi connectivity index (χ0) is 21.9. The number of rotatable bonds is 9. The number of halogens is 1. The molecule has 0 saturated carbocycles. The number of hydrogen-bond donors (Lipinski definition) is 2. The van der Waals surface area contributed by atoms with Crippen LogP contribution in [0.4, 0.5) is 0 Å². The number of guanidine groups is 1. The van der Waals surface area contributed by atoms with Gasteiger partial charge in [0.15, 0.2) is 5.96 Å². The van der Waals surface area contributed by atoms with Gasteiger partial charge in [-0.1, -0.05) is 30.3 Å². The van der Waals surface area contributed by atoms with Crippen LogP contribution >= 0.6 is 24.0 Å². The third-order valence-electron chi connectivity index (χ3n) is 5.12. The summed E-state index contributed by atoms with van der Waals surface area (Å²) >= 11 is 0. The molecule has 1 aliphatic rings. The predicted octanol–water partition coefficient (Wildman–Crippen LogP) is 3.28. The molecule has 1 aliphatic heterocycles. The molecule has 0 aromatic heterocycles. The van der Waals surface area contributed by atoms with Crippen molar-refractivity contribution < 1.29 is 14.2 Å². The standard InChI is InChI=1S/C24H34N4O3.HI/c1-19(31-23-9-5-8-22(15-23)29-3)16-26-24(25-2)27-17-20-6-4-7-21(14-20)18-28-10-12-30-13-11-28;/h4-9,14-15,19H,10-13,16-18H2,1-3H3,(H2,25,26,27);1H. The summed E-state index contributed by atoms with van der Waals surface area (Å²) in [7, 11) is 3.43. The molecule has 2 N–H and O–H groups in total. The molecule has 7 nitrogen and oxygen atoms in total. The Morgan fingerprint density at radius 3 is 2.53 bits per heavy atom. The second-order valence-corrected chi connectivity index (χ2v) is 7.62. The normalized spacial score (nSPS) is 15.4. The first-order chi connectivity index (χ1) is 15.2. The van der Waals surface area contributed by atoms with Gasteiger partial charge in [0.25, 0.3) is 0 Å². The lowest BCUT2D eigenvalue weighted by Crippen LogP contribution is -2.41. The van der Waals surface area contributed by atoms with E-state index in [4.69, 9.17) is 14.2 Å². The lowest BCUT2D eigenvalue weighted by Gasteiger charge is -2.26. The van der Waals surface area contributed by atoms with Crippen molar-refractivity contribution in [3.05, 3.63) is 59.7 Å². The molecule has 176 valence electrons. The molecule has 2 aromatic carbocycles. The van der Waals surface area contributed by atoms with Crippen molar-refractivity contribution in [1.82, 2.24) is 15.5 Å². The Labute approximate surface area is 208 Å². The van der Waals surface area contributed by atoms with Crippen LogP contribution in [0.5, 0.6) is 11.5 Å². The number of nitrogens with zero attached hydrogens (tertiary/aromatic N) is 2. The summed E-state index contributed by atoms with van der Waals surface area (Å²) in [5.41, 5.74) is 2.55. The topological polar surface area (TPSA) is 67.4 Å². The van der Waals surface area contributed by atoms with Crippen LogP contribution in [0.1, 0.15) is 18.1 Å². The number of methoxy groups -OCH3 is 1. The first-order valence-electron chi connectivity index (χ1n) is 10.8. The quantitative estimate of drug-likeness (QED) is 0.282. The van der Waals surface area contributed by atoms with E-state index in [1.807, 2.05) is 31.2 Å². The van der Waals surface area contributed by atoms with E-state index in [1.54, 1.807) is 14.2 Å². The molecule has 0 radical (unpaired) electrons. The van der Waals surface area contributed by atoms with Gasteiger partial charge >= 0.3 is 0 Å². The van der Waals surface area contributed by atoms with Crippen LogP contribution < -0.4 is 20.1 Å².